The van der Waals surface area contributed by atoms with Gasteiger partial charge in [0.15, 0.2) is 0 Å². The molecule has 0 radical (unpaired) electrons. The van der Waals surface area contributed by atoms with Crippen LogP contribution in [-0.4, -0.2) is 37.6 Å². The summed E-state index contributed by atoms with van der Waals surface area (Å²) in [6.45, 7) is 8.92. The van der Waals surface area contributed by atoms with Crippen molar-refractivity contribution < 1.29 is 0 Å². The summed E-state index contributed by atoms with van der Waals surface area (Å²) in [5.74, 6) is 0. The fourth-order valence-electron chi connectivity index (χ4n) is 3.52. The highest BCUT2D eigenvalue weighted by atomic mass is 15.1. The summed E-state index contributed by atoms with van der Waals surface area (Å²) < 4.78 is 0. The minimum absolute atomic E-state index is 0.581. The Kier molecular flexibility index (Phi) is 5.30. The monoisotopic (exact) mass is 238 g/mol. The Morgan fingerprint density at radius 2 is 1.71 bits per heavy atom. The van der Waals surface area contributed by atoms with E-state index in [1.54, 1.807) is 0 Å². The molecule has 0 amide bonds. The Morgan fingerprint density at radius 1 is 1.00 bits per heavy atom. The average molecular weight is 238 g/mol. The van der Waals surface area contributed by atoms with Crippen molar-refractivity contribution in [2.24, 2.45) is 5.41 Å². The topological polar surface area (TPSA) is 15.3 Å². The molecule has 0 bridgehead atoms. The molecule has 100 valence electrons. The molecule has 2 saturated heterocycles. The van der Waals surface area contributed by atoms with E-state index in [0.29, 0.717) is 5.41 Å². The van der Waals surface area contributed by atoms with E-state index < -0.39 is 0 Å². The van der Waals surface area contributed by atoms with Crippen LogP contribution in [0.3, 0.4) is 0 Å². The molecule has 2 aliphatic rings. The van der Waals surface area contributed by atoms with Gasteiger partial charge in [0.25, 0.3) is 0 Å². The fourth-order valence-corrected chi connectivity index (χ4v) is 3.52. The molecular formula is C15H30N2. The van der Waals surface area contributed by atoms with Gasteiger partial charge in [-0.25, -0.2) is 0 Å². The van der Waals surface area contributed by atoms with Gasteiger partial charge in [-0.15, -0.1) is 0 Å². The molecule has 1 atom stereocenters. The van der Waals surface area contributed by atoms with Crippen LogP contribution in [0, 0.1) is 5.41 Å². The molecular weight excluding hydrogens is 208 g/mol. The summed E-state index contributed by atoms with van der Waals surface area (Å²) >= 11 is 0. The van der Waals surface area contributed by atoms with Crippen molar-refractivity contribution in [1.82, 2.24) is 10.2 Å². The molecule has 0 aliphatic carbocycles. The predicted octanol–water partition coefficient (Wildman–Crippen LogP) is 3.03. The smallest absolute Gasteiger partial charge is 0.00500 e. The predicted molar refractivity (Wildman–Crippen MR) is 74.4 cm³/mol. The van der Waals surface area contributed by atoms with E-state index in [0.717, 1.165) is 0 Å². The van der Waals surface area contributed by atoms with Gasteiger partial charge in [-0.3, -0.25) is 0 Å². The average Bonchev–Trinajstić information content (AvgIpc) is 2.34. The summed E-state index contributed by atoms with van der Waals surface area (Å²) in [6.07, 6.45) is 11.4. The van der Waals surface area contributed by atoms with Crippen molar-refractivity contribution in [3.63, 3.8) is 0 Å². The number of hydrogen-bond donors (Lipinski definition) is 1. The number of rotatable bonds is 3. The van der Waals surface area contributed by atoms with Crippen molar-refractivity contribution in [3.8, 4) is 0 Å². The largest absolute Gasteiger partial charge is 0.316 e. The second-order valence-electron chi connectivity index (χ2n) is 6.18. The molecule has 2 nitrogen and oxygen atoms in total. The van der Waals surface area contributed by atoms with E-state index in [4.69, 9.17) is 0 Å². The second kappa shape index (κ2) is 6.75. The Bertz CT molecular complexity index is 201. The van der Waals surface area contributed by atoms with Gasteiger partial charge in [-0.2, -0.15) is 0 Å². The third-order valence-electron chi connectivity index (χ3n) is 4.82. The number of piperidine rings is 1. The highest BCUT2D eigenvalue weighted by molar-refractivity contribution is 4.87. The van der Waals surface area contributed by atoms with Crippen molar-refractivity contribution in [1.29, 1.82) is 0 Å². The van der Waals surface area contributed by atoms with E-state index in [1.165, 1.54) is 84.1 Å². The first-order valence-electron chi connectivity index (χ1n) is 7.78. The SMILES string of the molecule is CCC1(CN2CCCCCCC2)CCCNC1. The van der Waals surface area contributed by atoms with Gasteiger partial charge in [0.05, 0.1) is 0 Å². The summed E-state index contributed by atoms with van der Waals surface area (Å²) in [5.41, 5.74) is 0.581. The van der Waals surface area contributed by atoms with Crippen LogP contribution >= 0.6 is 0 Å². The number of nitrogens with one attached hydrogen (secondary N) is 1. The number of likely N-dealkylation sites (tertiary alicyclic amines) is 1. The molecule has 2 aliphatic heterocycles. The van der Waals surface area contributed by atoms with E-state index in [2.05, 4.69) is 17.1 Å². The molecule has 2 heteroatoms. The van der Waals surface area contributed by atoms with Crippen LogP contribution in [0.25, 0.3) is 0 Å². The lowest BCUT2D eigenvalue weighted by molar-refractivity contribution is 0.105. The van der Waals surface area contributed by atoms with Crippen LogP contribution in [0.5, 0.6) is 0 Å². The second-order valence-corrected chi connectivity index (χ2v) is 6.18. The highest BCUT2D eigenvalue weighted by Gasteiger charge is 2.31. The maximum atomic E-state index is 3.62. The zero-order valence-electron chi connectivity index (χ0n) is 11.6. The molecule has 0 saturated carbocycles. The molecule has 17 heavy (non-hydrogen) atoms. The molecule has 0 aromatic carbocycles. The van der Waals surface area contributed by atoms with E-state index in [9.17, 15) is 0 Å². The lowest BCUT2D eigenvalue weighted by Crippen LogP contribution is -2.47. The van der Waals surface area contributed by atoms with Gasteiger partial charge < -0.3 is 10.2 Å². The van der Waals surface area contributed by atoms with Crippen LogP contribution in [-0.2, 0) is 0 Å². The molecule has 0 aromatic rings. The number of nitrogens with zero attached hydrogens (tertiary/aromatic N) is 1. The van der Waals surface area contributed by atoms with Gasteiger partial charge in [0.2, 0.25) is 0 Å². The van der Waals surface area contributed by atoms with Crippen molar-refractivity contribution in [2.75, 3.05) is 32.7 Å². The van der Waals surface area contributed by atoms with E-state index in [-0.39, 0.29) is 0 Å². The van der Waals surface area contributed by atoms with E-state index in [1.807, 2.05) is 0 Å². The Hall–Kier alpha value is -0.0800. The minimum Gasteiger partial charge on any atom is -0.316 e. The van der Waals surface area contributed by atoms with Crippen LogP contribution in [0.15, 0.2) is 0 Å². The summed E-state index contributed by atoms with van der Waals surface area (Å²) in [6, 6.07) is 0. The molecule has 2 fully saturated rings. The molecule has 2 heterocycles. The van der Waals surface area contributed by atoms with E-state index >= 15 is 0 Å². The van der Waals surface area contributed by atoms with Crippen LogP contribution in [0.2, 0.25) is 0 Å². The lowest BCUT2D eigenvalue weighted by atomic mass is 9.77. The normalized spacial score (nSPS) is 33.0. The van der Waals surface area contributed by atoms with Crippen LogP contribution < -0.4 is 5.32 Å². The zero-order chi connectivity index (χ0) is 12.0. The summed E-state index contributed by atoms with van der Waals surface area (Å²) in [4.78, 5) is 2.76. The van der Waals surface area contributed by atoms with Crippen LogP contribution in [0.4, 0.5) is 0 Å². The van der Waals surface area contributed by atoms with Gasteiger partial charge in [0, 0.05) is 13.1 Å². The molecule has 2 rings (SSSR count). The molecule has 0 aromatic heterocycles. The Labute approximate surface area is 107 Å². The first kappa shape index (κ1) is 13.4. The maximum absolute atomic E-state index is 3.62. The van der Waals surface area contributed by atoms with Crippen molar-refractivity contribution >= 4 is 0 Å². The highest BCUT2D eigenvalue weighted by Crippen LogP contribution is 2.31. The van der Waals surface area contributed by atoms with Gasteiger partial charge in [0.1, 0.15) is 0 Å². The fraction of sp³-hybridized carbons (Fsp3) is 1.00. The summed E-state index contributed by atoms with van der Waals surface area (Å²) in [7, 11) is 0. The first-order valence-corrected chi connectivity index (χ1v) is 7.78. The van der Waals surface area contributed by atoms with Gasteiger partial charge >= 0.3 is 0 Å². The maximum Gasteiger partial charge on any atom is 0.00500 e. The summed E-state index contributed by atoms with van der Waals surface area (Å²) in [5, 5.41) is 3.62. The van der Waals surface area contributed by atoms with Crippen molar-refractivity contribution in [3.05, 3.63) is 0 Å². The standard InChI is InChI=1S/C15H30N2/c1-2-15(9-8-10-16-13-15)14-17-11-6-4-3-5-7-12-17/h16H,2-14H2,1H3. The third-order valence-corrected chi connectivity index (χ3v) is 4.82. The molecule has 1 N–H and O–H groups in total. The number of hydrogen-bond acceptors (Lipinski definition) is 2. The van der Waals surface area contributed by atoms with Crippen LogP contribution in [0.1, 0.15) is 58.3 Å². The first-order chi connectivity index (χ1) is 8.35. The Morgan fingerprint density at radius 3 is 2.29 bits per heavy atom. The lowest BCUT2D eigenvalue weighted by Gasteiger charge is -2.41. The minimum atomic E-state index is 0.581. The zero-order valence-corrected chi connectivity index (χ0v) is 11.6. The quantitative estimate of drug-likeness (QED) is 0.813. The Balaban J connectivity index is 1.86. The van der Waals surface area contributed by atoms with Gasteiger partial charge in [-0.1, -0.05) is 26.2 Å². The van der Waals surface area contributed by atoms with Crippen molar-refractivity contribution in [2.45, 2.75) is 58.3 Å². The third kappa shape index (κ3) is 3.96. The molecule has 1 unspecified atom stereocenters. The van der Waals surface area contributed by atoms with Gasteiger partial charge in [-0.05, 0) is 57.2 Å². The molecule has 0 spiro atoms.